The predicted molar refractivity (Wildman–Crippen MR) is 57.6 cm³/mol. The summed E-state index contributed by atoms with van der Waals surface area (Å²) < 4.78 is 0. The lowest BCUT2D eigenvalue weighted by atomic mass is 10.2. The molecule has 1 aromatic heterocycles. The van der Waals surface area contributed by atoms with Gasteiger partial charge < -0.3 is 5.32 Å². The maximum atomic E-state index is 11.3. The number of hydrogen-bond acceptors (Lipinski definition) is 3. The molecule has 0 radical (unpaired) electrons. The van der Waals surface area contributed by atoms with E-state index < -0.39 is 0 Å². The van der Waals surface area contributed by atoms with E-state index in [0.29, 0.717) is 5.82 Å². The lowest BCUT2D eigenvalue weighted by Crippen LogP contribution is -2.15. The molecule has 0 bridgehead atoms. The molecule has 0 atom stereocenters. The number of ketones is 1. The van der Waals surface area contributed by atoms with E-state index in [2.05, 4.69) is 10.3 Å². The smallest absolute Gasteiger partial charge is 0.232 e. The summed E-state index contributed by atoms with van der Waals surface area (Å²) in [6, 6.07) is 3.69. The molecule has 0 unspecified atom stereocenters. The molecule has 0 fully saturated rings. The first kappa shape index (κ1) is 11.4. The minimum atomic E-state index is -0.319. The van der Waals surface area contributed by atoms with Crippen LogP contribution in [0.4, 0.5) is 5.82 Å². The Kier molecular flexibility index (Phi) is 3.55. The van der Waals surface area contributed by atoms with Gasteiger partial charge in [-0.15, -0.1) is 0 Å². The zero-order chi connectivity index (χ0) is 11.4. The minimum absolute atomic E-state index is 0.103. The van der Waals surface area contributed by atoms with Gasteiger partial charge in [0, 0.05) is 5.69 Å². The number of carbonyl (C=O) groups excluding carboxylic acids is 2. The van der Waals surface area contributed by atoms with Crippen LogP contribution in [-0.4, -0.2) is 16.7 Å². The normalized spacial score (nSPS) is 9.80. The van der Waals surface area contributed by atoms with Crippen molar-refractivity contribution in [3.63, 3.8) is 0 Å². The molecule has 1 amide bonds. The van der Waals surface area contributed by atoms with Crippen molar-refractivity contribution in [2.24, 2.45) is 0 Å². The fraction of sp³-hybridized carbons (Fsp3) is 0.364. The van der Waals surface area contributed by atoms with Gasteiger partial charge >= 0.3 is 0 Å². The second-order valence-corrected chi connectivity index (χ2v) is 3.60. The summed E-state index contributed by atoms with van der Waals surface area (Å²) in [5.41, 5.74) is 1.87. The quantitative estimate of drug-likeness (QED) is 0.764. The molecule has 4 nitrogen and oxygen atoms in total. The second kappa shape index (κ2) is 4.68. The van der Waals surface area contributed by atoms with Crippen LogP contribution in [0.2, 0.25) is 0 Å². The van der Waals surface area contributed by atoms with Crippen LogP contribution in [0.5, 0.6) is 0 Å². The number of amides is 1. The summed E-state index contributed by atoms with van der Waals surface area (Å²) >= 11 is 0. The summed E-state index contributed by atoms with van der Waals surface area (Å²) in [6.45, 7) is 5.16. The highest BCUT2D eigenvalue weighted by Gasteiger charge is 2.06. The number of nitrogens with one attached hydrogen (secondary N) is 1. The second-order valence-electron chi connectivity index (χ2n) is 3.60. The summed E-state index contributed by atoms with van der Waals surface area (Å²) in [5.74, 6) is 0.0237. The average Bonchev–Trinajstić information content (AvgIpc) is 1.98. The van der Waals surface area contributed by atoms with Crippen molar-refractivity contribution >= 4 is 17.5 Å². The van der Waals surface area contributed by atoms with Crippen molar-refractivity contribution in [3.05, 3.63) is 23.4 Å². The number of hydrogen-bond donors (Lipinski definition) is 1. The Bertz CT molecular complexity index is 379. The Balaban J connectivity index is 2.72. The maximum Gasteiger partial charge on any atom is 0.232 e. The standard InChI is InChI=1S/C11H14N2O2/c1-7-4-8(2)12-10(5-7)13-11(15)6-9(3)14/h4-5H,6H2,1-3H3,(H,12,13,15). The van der Waals surface area contributed by atoms with Crippen molar-refractivity contribution in [2.75, 3.05) is 5.32 Å². The van der Waals surface area contributed by atoms with E-state index in [1.165, 1.54) is 6.92 Å². The number of Topliss-reactive ketones (excluding diaryl/α,β-unsaturated/α-hetero) is 1. The lowest BCUT2D eigenvalue weighted by Gasteiger charge is -2.05. The summed E-state index contributed by atoms with van der Waals surface area (Å²) in [7, 11) is 0. The van der Waals surface area contributed by atoms with Gasteiger partial charge in [0.1, 0.15) is 11.6 Å². The number of rotatable bonds is 3. The van der Waals surface area contributed by atoms with Gasteiger partial charge in [0.05, 0.1) is 6.42 Å². The van der Waals surface area contributed by atoms with Gasteiger partial charge in [0.25, 0.3) is 0 Å². The molecular formula is C11H14N2O2. The number of carbonyl (C=O) groups is 2. The molecule has 0 aliphatic rings. The van der Waals surface area contributed by atoms with Gasteiger partial charge in [-0.05, 0) is 38.5 Å². The van der Waals surface area contributed by atoms with Crippen LogP contribution < -0.4 is 5.32 Å². The average molecular weight is 206 g/mol. The molecule has 1 rings (SSSR count). The third kappa shape index (κ3) is 3.89. The van der Waals surface area contributed by atoms with Crippen molar-refractivity contribution in [1.82, 2.24) is 4.98 Å². The maximum absolute atomic E-state index is 11.3. The highest BCUT2D eigenvalue weighted by molar-refractivity contribution is 6.03. The van der Waals surface area contributed by atoms with E-state index in [-0.39, 0.29) is 18.1 Å². The molecule has 1 heterocycles. The first-order valence-corrected chi connectivity index (χ1v) is 4.72. The van der Waals surface area contributed by atoms with Gasteiger partial charge in [-0.2, -0.15) is 0 Å². The highest BCUT2D eigenvalue weighted by Crippen LogP contribution is 2.09. The van der Waals surface area contributed by atoms with Gasteiger partial charge in [0.2, 0.25) is 5.91 Å². The van der Waals surface area contributed by atoms with Crippen LogP contribution in [0.1, 0.15) is 24.6 Å². The minimum Gasteiger partial charge on any atom is -0.310 e. The Morgan fingerprint density at radius 1 is 1.33 bits per heavy atom. The Morgan fingerprint density at radius 3 is 2.53 bits per heavy atom. The monoisotopic (exact) mass is 206 g/mol. The van der Waals surface area contributed by atoms with Crippen LogP contribution in [-0.2, 0) is 9.59 Å². The van der Waals surface area contributed by atoms with E-state index in [9.17, 15) is 9.59 Å². The fourth-order valence-corrected chi connectivity index (χ4v) is 1.32. The van der Waals surface area contributed by atoms with E-state index in [4.69, 9.17) is 0 Å². The van der Waals surface area contributed by atoms with Crippen molar-refractivity contribution < 1.29 is 9.59 Å². The molecule has 0 spiro atoms. The molecule has 0 aliphatic heterocycles. The third-order valence-corrected chi connectivity index (χ3v) is 1.77. The molecule has 1 N–H and O–H groups in total. The Morgan fingerprint density at radius 2 is 2.00 bits per heavy atom. The highest BCUT2D eigenvalue weighted by atomic mass is 16.2. The zero-order valence-electron chi connectivity index (χ0n) is 9.13. The summed E-state index contributed by atoms with van der Waals surface area (Å²) in [6.07, 6.45) is -0.103. The largest absolute Gasteiger partial charge is 0.310 e. The zero-order valence-corrected chi connectivity index (χ0v) is 9.13. The van der Waals surface area contributed by atoms with Crippen molar-refractivity contribution in [3.8, 4) is 0 Å². The van der Waals surface area contributed by atoms with Crippen LogP contribution in [0, 0.1) is 13.8 Å². The Labute approximate surface area is 88.7 Å². The van der Waals surface area contributed by atoms with Gasteiger partial charge in [-0.1, -0.05) is 0 Å². The molecule has 0 aromatic carbocycles. The van der Waals surface area contributed by atoms with E-state index in [0.717, 1.165) is 11.3 Å². The lowest BCUT2D eigenvalue weighted by molar-refractivity contribution is -0.124. The van der Waals surface area contributed by atoms with E-state index in [1.807, 2.05) is 19.9 Å². The van der Waals surface area contributed by atoms with Crippen molar-refractivity contribution in [1.29, 1.82) is 0 Å². The van der Waals surface area contributed by atoms with E-state index >= 15 is 0 Å². The first-order valence-electron chi connectivity index (χ1n) is 4.72. The molecule has 80 valence electrons. The van der Waals surface area contributed by atoms with Gasteiger partial charge in [-0.3, -0.25) is 9.59 Å². The number of pyridine rings is 1. The number of aryl methyl sites for hydroxylation is 2. The molecular weight excluding hydrogens is 192 g/mol. The summed E-state index contributed by atoms with van der Waals surface area (Å²) in [4.78, 5) is 26.1. The molecule has 0 aliphatic carbocycles. The van der Waals surface area contributed by atoms with Crippen LogP contribution in [0.15, 0.2) is 12.1 Å². The van der Waals surface area contributed by atoms with Crippen molar-refractivity contribution in [2.45, 2.75) is 27.2 Å². The number of nitrogens with zero attached hydrogens (tertiary/aromatic N) is 1. The Hall–Kier alpha value is -1.71. The topological polar surface area (TPSA) is 59.1 Å². The van der Waals surface area contributed by atoms with Crippen LogP contribution >= 0.6 is 0 Å². The predicted octanol–water partition coefficient (Wildman–Crippen LogP) is 1.62. The molecule has 4 heteroatoms. The molecule has 1 aromatic rings. The van der Waals surface area contributed by atoms with Gasteiger partial charge in [0.15, 0.2) is 0 Å². The number of anilines is 1. The van der Waals surface area contributed by atoms with Gasteiger partial charge in [-0.25, -0.2) is 4.98 Å². The SMILES string of the molecule is CC(=O)CC(=O)Nc1cc(C)cc(C)n1. The molecule has 15 heavy (non-hydrogen) atoms. The van der Waals surface area contributed by atoms with E-state index in [1.54, 1.807) is 6.07 Å². The first-order chi connectivity index (χ1) is 6.97. The summed E-state index contributed by atoms with van der Waals surface area (Å²) in [5, 5.41) is 2.58. The number of aromatic nitrogens is 1. The third-order valence-electron chi connectivity index (χ3n) is 1.77. The van der Waals surface area contributed by atoms with Crippen LogP contribution in [0.25, 0.3) is 0 Å². The van der Waals surface area contributed by atoms with Crippen LogP contribution in [0.3, 0.4) is 0 Å². The fourth-order valence-electron chi connectivity index (χ4n) is 1.32. The molecule has 0 saturated carbocycles. The molecule has 0 saturated heterocycles.